The summed E-state index contributed by atoms with van der Waals surface area (Å²) in [6, 6.07) is 5.69. The van der Waals surface area contributed by atoms with Gasteiger partial charge in [-0.15, -0.1) is 0 Å². The molecule has 6 nitrogen and oxygen atoms in total. The average molecular weight is 338 g/mol. The van der Waals surface area contributed by atoms with Crippen molar-refractivity contribution in [2.75, 3.05) is 0 Å². The van der Waals surface area contributed by atoms with Crippen molar-refractivity contribution in [1.82, 2.24) is 10.5 Å². The second kappa shape index (κ2) is 6.90. The standard InChI is InChI=1S/C15H13F3N4O2/c16-15(17,18)10-3-1-9(2-4-10)11(19)5-6-13(20)21-14(23)12-7-8-24-22-12/h1-8H,19-20H2,(H,21,23)/b11-5-,13-6+. The predicted molar refractivity (Wildman–Crippen MR) is 79.8 cm³/mol. The SMILES string of the molecule is N/C(=C\C=C(/N)NC(=O)c1ccon1)c1ccc(C(F)(F)F)cc1. The molecule has 2 rings (SSSR count). The summed E-state index contributed by atoms with van der Waals surface area (Å²) in [5.74, 6) is -0.586. The molecule has 0 atom stereocenters. The van der Waals surface area contributed by atoms with Crippen molar-refractivity contribution in [3.63, 3.8) is 0 Å². The quantitative estimate of drug-likeness (QED) is 0.741. The lowest BCUT2D eigenvalue weighted by molar-refractivity contribution is -0.137. The Morgan fingerprint density at radius 3 is 2.33 bits per heavy atom. The van der Waals surface area contributed by atoms with Crippen molar-refractivity contribution in [1.29, 1.82) is 0 Å². The highest BCUT2D eigenvalue weighted by atomic mass is 19.4. The zero-order valence-electron chi connectivity index (χ0n) is 12.2. The number of carbonyl (C=O) groups excluding carboxylic acids is 1. The van der Waals surface area contributed by atoms with E-state index in [1.807, 2.05) is 0 Å². The van der Waals surface area contributed by atoms with Gasteiger partial charge in [-0.1, -0.05) is 17.3 Å². The fraction of sp³-hybridized carbons (Fsp3) is 0.0667. The van der Waals surface area contributed by atoms with Gasteiger partial charge in [-0.25, -0.2) is 0 Å². The first kappa shape index (κ1) is 17.1. The van der Waals surface area contributed by atoms with Gasteiger partial charge < -0.3 is 21.3 Å². The van der Waals surface area contributed by atoms with Crippen molar-refractivity contribution >= 4 is 11.6 Å². The van der Waals surface area contributed by atoms with Gasteiger partial charge in [-0.3, -0.25) is 4.79 Å². The summed E-state index contributed by atoms with van der Waals surface area (Å²) in [5.41, 5.74) is 11.2. The Hall–Kier alpha value is -3.23. The van der Waals surface area contributed by atoms with Crippen LogP contribution >= 0.6 is 0 Å². The molecular formula is C15H13F3N4O2. The van der Waals surface area contributed by atoms with Crippen LogP contribution in [0.2, 0.25) is 0 Å². The molecule has 0 aliphatic heterocycles. The minimum absolute atomic E-state index is 0.0159. The van der Waals surface area contributed by atoms with Gasteiger partial charge in [0.25, 0.3) is 5.91 Å². The van der Waals surface area contributed by atoms with Crippen LogP contribution in [0.25, 0.3) is 5.70 Å². The number of halogens is 3. The molecule has 126 valence electrons. The normalized spacial score (nSPS) is 13.0. The molecule has 5 N–H and O–H groups in total. The Kier molecular flexibility index (Phi) is 4.93. The Morgan fingerprint density at radius 2 is 1.79 bits per heavy atom. The highest BCUT2D eigenvalue weighted by molar-refractivity contribution is 5.93. The molecule has 0 saturated carbocycles. The van der Waals surface area contributed by atoms with E-state index in [1.165, 1.54) is 36.6 Å². The molecule has 1 amide bonds. The van der Waals surface area contributed by atoms with Gasteiger partial charge in [0, 0.05) is 11.8 Å². The van der Waals surface area contributed by atoms with Crippen molar-refractivity contribution in [2.45, 2.75) is 6.18 Å². The summed E-state index contributed by atoms with van der Waals surface area (Å²) in [6.07, 6.45) is -0.504. The number of nitrogens with two attached hydrogens (primary N) is 2. The lowest BCUT2D eigenvalue weighted by atomic mass is 10.1. The van der Waals surface area contributed by atoms with E-state index in [4.69, 9.17) is 11.5 Å². The molecule has 0 unspecified atom stereocenters. The second-order valence-electron chi connectivity index (χ2n) is 4.66. The number of nitrogens with one attached hydrogen (secondary N) is 1. The molecule has 0 bridgehead atoms. The third-order valence-corrected chi connectivity index (χ3v) is 2.92. The summed E-state index contributed by atoms with van der Waals surface area (Å²) in [6.45, 7) is 0. The van der Waals surface area contributed by atoms with Crippen LogP contribution in [-0.2, 0) is 6.18 Å². The number of amides is 1. The van der Waals surface area contributed by atoms with Crippen LogP contribution in [0.5, 0.6) is 0 Å². The number of hydrogen-bond acceptors (Lipinski definition) is 5. The lowest BCUT2D eigenvalue weighted by Gasteiger charge is -2.07. The first-order valence-electron chi connectivity index (χ1n) is 6.59. The maximum Gasteiger partial charge on any atom is 0.416 e. The van der Waals surface area contributed by atoms with Gasteiger partial charge in [0.2, 0.25) is 0 Å². The van der Waals surface area contributed by atoms with Crippen molar-refractivity contribution < 1.29 is 22.5 Å². The maximum absolute atomic E-state index is 12.5. The first-order valence-corrected chi connectivity index (χ1v) is 6.59. The predicted octanol–water partition coefficient (Wildman–Crippen LogP) is 2.22. The number of nitrogens with zero attached hydrogens (tertiary/aromatic N) is 1. The van der Waals surface area contributed by atoms with Crippen LogP contribution in [0.3, 0.4) is 0 Å². The fourth-order valence-electron chi connectivity index (χ4n) is 1.69. The molecule has 9 heteroatoms. The van der Waals surface area contributed by atoms with E-state index >= 15 is 0 Å². The van der Waals surface area contributed by atoms with Gasteiger partial charge in [-0.05, 0) is 29.8 Å². The largest absolute Gasteiger partial charge is 0.416 e. The van der Waals surface area contributed by atoms with Crippen LogP contribution in [0.15, 0.2) is 59.1 Å². The smallest absolute Gasteiger partial charge is 0.398 e. The molecule has 2 aromatic rings. The maximum atomic E-state index is 12.5. The third-order valence-electron chi connectivity index (χ3n) is 2.92. The highest BCUT2D eigenvalue weighted by Crippen LogP contribution is 2.29. The van der Waals surface area contributed by atoms with Crippen molar-refractivity contribution in [2.24, 2.45) is 11.5 Å². The van der Waals surface area contributed by atoms with Gasteiger partial charge in [0.05, 0.1) is 5.56 Å². The van der Waals surface area contributed by atoms with E-state index < -0.39 is 17.6 Å². The van der Waals surface area contributed by atoms with Crippen LogP contribution < -0.4 is 16.8 Å². The minimum Gasteiger partial charge on any atom is -0.398 e. The summed E-state index contributed by atoms with van der Waals surface area (Å²) in [7, 11) is 0. The molecule has 1 heterocycles. The first-order chi connectivity index (χ1) is 11.3. The molecule has 0 radical (unpaired) electrons. The van der Waals surface area contributed by atoms with Crippen molar-refractivity contribution in [3.05, 3.63) is 71.4 Å². The number of rotatable bonds is 4. The van der Waals surface area contributed by atoms with Gasteiger partial charge in [0.1, 0.15) is 12.1 Å². The number of carbonyl (C=O) groups is 1. The van der Waals surface area contributed by atoms with Gasteiger partial charge in [-0.2, -0.15) is 13.2 Å². The third kappa shape index (κ3) is 4.38. The molecule has 1 aromatic heterocycles. The van der Waals surface area contributed by atoms with Crippen molar-refractivity contribution in [3.8, 4) is 0 Å². The molecule has 0 aliphatic carbocycles. The van der Waals surface area contributed by atoms with Crippen LogP contribution in [-0.4, -0.2) is 11.1 Å². The van der Waals surface area contributed by atoms with Crippen LogP contribution in [0.1, 0.15) is 21.6 Å². The van der Waals surface area contributed by atoms with E-state index in [9.17, 15) is 18.0 Å². The Bertz CT molecular complexity index is 763. The molecular weight excluding hydrogens is 325 g/mol. The zero-order chi connectivity index (χ0) is 17.7. The van der Waals surface area contributed by atoms with E-state index in [0.717, 1.165) is 12.1 Å². The number of hydrogen-bond donors (Lipinski definition) is 3. The lowest BCUT2D eigenvalue weighted by Crippen LogP contribution is -2.27. The fourth-order valence-corrected chi connectivity index (χ4v) is 1.69. The van der Waals surface area contributed by atoms with Gasteiger partial charge >= 0.3 is 6.18 Å². The van der Waals surface area contributed by atoms with E-state index in [0.29, 0.717) is 5.56 Å². The number of alkyl halides is 3. The Labute approximate surface area is 134 Å². The minimum atomic E-state index is -4.41. The Balaban J connectivity index is 2.05. The number of benzene rings is 1. The van der Waals surface area contributed by atoms with Gasteiger partial charge in [0.15, 0.2) is 5.69 Å². The highest BCUT2D eigenvalue weighted by Gasteiger charge is 2.29. The van der Waals surface area contributed by atoms with E-state index in [2.05, 4.69) is 15.0 Å². The summed E-state index contributed by atoms with van der Waals surface area (Å²) < 4.78 is 42.0. The van der Waals surface area contributed by atoms with Crippen LogP contribution in [0, 0.1) is 0 Å². The van der Waals surface area contributed by atoms with E-state index in [-0.39, 0.29) is 17.2 Å². The number of allylic oxidation sites excluding steroid dienone is 2. The summed E-state index contributed by atoms with van der Waals surface area (Å²) in [4.78, 5) is 11.6. The molecule has 0 saturated heterocycles. The van der Waals surface area contributed by atoms with Crippen LogP contribution in [0.4, 0.5) is 13.2 Å². The zero-order valence-corrected chi connectivity index (χ0v) is 12.2. The molecule has 24 heavy (non-hydrogen) atoms. The summed E-state index contributed by atoms with van der Waals surface area (Å²) >= 11 is 0. The molecule has 0 aliphatic rings. The number of aromatic nitrogens is 1. The van der Waals surface area contributed by atoms with E-state index in [1.54, 1.807) is 0 Å². The molecule has 0 spiro atoms. The molecule has 0 fully saturated rings. The topological polar surface area (TPSA) is 107 Å². The Morgan fingerprint density at radius 1 is 1.12 bits per heavy atom. The monoisotopic (exact) mass is 338 g/mol. The second-order valence-corrected chi connectivity index (χ2v) is 4.66. The summed E-state index contributed by atoms with van der Waals surface area (Å²) in [5, 5.41) is 5.78. The average Bonchev–Trinajstić information content (AvgIpc) is 3.06. The molecule has 1 aromatic carbocycles.